The third kappa shape index (κ3) is 4.29. The highest BCUT2D eigenvalue weighted by atomic mass is 16.6. The zero-order chi connectivity index (χ0) is 19.3. The van der Waals surface area contributed by atoms with E-state index < -0.39 is 11.6 Å². The minimum atomic E-state index is -1.26. The van der Waals surface area contributed by atoms with Crippen LogP contribution in [0, 0.1) is 26.2 Å². The maximum Gasteiger partial charge on any atom is 0.331 e. The maximum atomic E-state index is 12.7. The molecule has 3 nitrogen and oxygen atoms in total. The van der Waals surface area contributed by atoms with Crippen LogP contribution in [0.25, 0.3) is 6.08 Å². The number of hydrogen-bond donors (Lipinski definition) is 0. The van der Waals surface area contributed by atoms with Crippen molar-refractivity contribution in [2.45, 2.75) is 33.3 Å². The summed E-state index contributed by atoms with van der Waals surface area (Å²) in [6.45, 7) is 6.94. The minimum Gasteiger partial charge on any atom is -0.448 e. The van der Waals surface area contributed by atoms with Gasteiger partial charge in [-0.05, 0) is 56.5 Å². The lowest BCUT2D eigenvalue weighted by molar-refractivity contribution is -0.146. The number of Topliss-reactive ketones (excluding diaryl/α,β-unsaturated/α-hetero) is 1. The van der Waals surface area contributed by atoms with Crippen molar-refractivity contribution in [3.8, 4) is 12.3 Å². The number of carbonyl (C=O) groups excluding carboxylic acids is 2. The van der Waals surface area contributed by atoms with E-state index in [9.17, 15) is 9.59 Å². The van der Waals surface area contributed by atoms with Gasteiger partial charge in [0.2, 0.25) is 5.78 Å². The Balaban J connectivity index is 2.15. The van der Waals surface area contributed by atoms with E-state index in [2.05, 4.69) is 5.92 Å². The van der Waals surface area contributed by atoms with Crippen molar-refractivity contribution in [3.05, 3.63) is 76.4 Å². The van der Waals surface area contributed by atoms with Crippen LogP contribution < -0.4 is 0 Å². The Morgan fingerprint density at radius 1 is 1.08 bits per heavy atom. The molecular weight excluding hydrogens is 324 g/mol. The largest absolute Gasteiger partial charge is 0.448 e. The molecule has 0 atom stereocenters. The summed E-state index contributed by atoms with van der Waals surface area (Å²) in [5.41, 5.74) is 2.65. The average molecular weight is 346 g/mol. The molecule has 0 amide bonds. The van der Waals surface area contributed by atoms with Gasteiger partial charge in [-0.1, -0.05) is 42.3 Å². The topological polar surface area (TPSA) is 43.4 Å². The quantitative estimate of drug-likeness (QED) is 0.346. The third-order valence-electron chi connectivity index (χ3n) is 4.22. The predicted octanol–water partition coefficient (Wildman–Crippen LogP) is 4.50. The molecule has 0 fully saturated rings. The van der Waals surface area contributed by atoms with Gasteiger partial charge in [0.25, 0.3) is 0 Å². The molecule has 132 valence electrons. The standard InChI is InChI=1S/C23H22O3/c1-6-18-11-9-12-19(17(18)3)14-15-21(24)26-23(4,5)22(25)20-13-8-7-10-16(20)2/h1,7-15H,2-5H3/b15-14+. The SMILES string of the molecule is C#Cc1cccc(/C=C/C(=O)OC(C)(C)C(=O)c2ccccc2C)c1C. The highest BCUT2D eigenvalue weighted by molar-refractivity contribution is 6.04. The summed E-state index contributed by atoms with van der Waals surface area (Å²) in [6.07, 6.45) is 8.42. The van der Waals surface area contributed by atoms with Gasteiger partial charge in [0.15, 0.2) is 5.60 Å². The molecule has 0 aliphatic rings. The maximum absolute atomic E-state index is 12.7. The first-order valence-electron chi connectivity index (χ1n) is 8.34. The van der Waals surface area contributed by atoms with Crippen LogP contribution in [0.15, 0.2) is 48.5 Å². The molecule has 0 unspecified atom stereocenters. The van der Waals surface area contributed by atoms with Crippen LogP contribution in [0.5, 0.6) is 0 Å². The van der Waals surface area contributed by atoms with Crippen LogP contribution >= 0.6 is 0 Å². The Morgan fingerprint density at radius 2 is 1.77 bits per heavy atom. The first kappa shape index (κ1) is 19.2. The van der Waals surface area contributed by atoms with Crippen molar-refractivity contribution < 1.29 is 14.3 Å². The van der Waals surface area contributed by atoms with Crippen molar-refractivity contribution in [3.63, 3.8) is 0 Å². The molecule has 0 spiro atoms. The number of benzene rings is 2. The molecule has 0 N–H and O–H groups in total. The summed E-state index contributed by atoms with van der Waals surface area (Å²) in [6, 6.07) is 12.8. The summed E-state index contributed by atoms with van der Waals surface area (Å²) in [5, 5.41) is 0. The molecule has 2 aromatic carbocycles. The lowest BCUT2D eigenvalue weighted by Gasteiger charge is -2.23. The van der Waals surface area contributed by atoms with Crippen molar-refractivity contribution in [1.29, 1.82) is 0 Å². The number of ether oxygens (including phenoxy) is 1. The Bertz CT molecular complexity index is 911. The van der Waals surface area contributed by atoms with Gasteiger partial charge in [0, 0.05) is 17.2 Å². The fraction of sp³-hybridized carbons (Fsp3) is 0.217. The van der Waals surface area contributed by atoms with E-state index in [1.165, 1.54) is 6.08 Å². The highest BCUT2D eigenvalue weighted by Crippen LogP contribution is 2.21. The summed E-state index contributed by atoms with van der Waals surface area (Å²) >= 11 is 0. The fourth-order valence-electron chi connectivity index (χ4n) is 2.63. The van der Waals surface area contributed by atoms with Crippen LogP contribution in [0.3, 0.4) is 0 Å². The van der Waals surface area contributed by atoms with Gasteiger partial charge in [-0.3, -0.25) is 4.79 Å². The van der Waals surface area contributed by atoms with E-state index in [1.807, 2.05) is 44.2 Å². The molecule has 2 aromatic rings. The van der Waals surface area contributed by atoms with Gasteiger partial charge in [-0.2, -0.15) is 0 Å². The monoisotopic (exact) mass is 346 g/mol. The lowest BCUT2D eigenvalue weighted by Crippen LogP contribution is -2.37. The van der Waals surface area contributed by atoms with Crippen molar-refractivity contribution in [2.75, 3.05) is 0 Å². The molecular formula is C23H22O3. The molecule has 0 radical (unpaired) electrons. The predicted molar refractivity (Wildman–Crippen MR) is 104 cm³/mol. The number of rotatable bonds is 5. The molecule has 26 heavy (non-hydrogen) atoms. The van der Waals surface area contributed by atoms with Crippen LogP contribution in [0.1, 0.15) is 46.5 Å². The zero-order valence-electron chi connectivity index (χ0n) is 15.5. The Kier molecular flexibility index (Phi) is 5.79. The van der Waals surface area contributed by atoms with E-state index in [0.717, 1.165) is 22.3 Å². The second-order valence-electron chi connectivity index (χ2n) is 6.57. The molecule has 0 aliphatic heterocycles. The minimum absolute atomic E-state index is 0.233. The van der Waals surface area contributed by atoms with Crippen LogP contribution in [-0.2, 0) is 9.53 Å². The average Bonchev–Trinajstić information content (AvgIpc) is 2.60. The molecule has 0 heterocycles. The molecule has 0 aliphatic carbocycles. The van der Waals surface area contributed by atoms with Crippen molar-refractivity contribution in [1.82, 2.24) is 0 Å². The van der Waals surface area contributed by atoms with E-state index in [1.54, 1.807) is 32.1 Å². The number of hydrogen-bond acceptors (Lipinski definition) is 3. The van der Waals surface area contributed by atoms with Gasteiger partial charge in [0.05, 0.1) is 0 Å². The summed E-state index contributed by atoms with van der Waals surface area (Å²) in [7, 11) is 0. The molecule has 0 bridgehead atoms. The second kappa shape index (κ2) is 7.84. The van der Waals surface area contributed by atoms with Gasteiger partial charge < -0.3 is 4.74 Å². The van der Waals surface area contributed by atoms with Crippen LogP contribution in [0.4, 0.5) is 0 Å². The Labute approximate surface area is 154 Å². The fourth-order valence-corrected chi connectivity index (χ4v) is 2.63. The molecule has 2 rings (SSSR count). The molecule has 0 saturated heterocycles. The smallest absolute Gasteiger partial charge is 0.331 e. The van der Waals surface area contributed by atoms with E-state index >= 15 is 0 Å². The summed E-state index contributed by atoms with van der Waals surface area (Å²) in [5.74, 6) is 1.79. The van der Waals surface area contributed by atoms with Gasteiger partial charge in [0.1, 0.15) is 0 Å². The first-order valence-corrected chi connectivity index (χ1v) is 8.34. The highest BCUT2D eigenvalue weighted by Gasteiger charge is 2.33. The summed E-state index contributed by atoms with van der Waals surface area (Å²) < 4.78 is 5.41. The third-order valence-corrected chi connectivity index (χ3v) is 4.22. The first-order chi connectivity index (χ1) is 12.3. The Morgan fingerprint density at radius 3 is 2.42 bits per heavy atom. The zero-order valence-corrected chi connectivity index (χ0v) is 15.5. The van der Waals surface area contributed by atoms with Crippen molar-refractivity contribution in [2.24, 2.45) is 0 Å². The number of terminal acetylenes is 1. The van der Waals surface area contributed by atoms with Gasteiger partial charge in [-0.15, -0.1) is 6.42 Å². The lowest BCUT2D eigenvalue weighted by atomic mass is 9.93. The number of carbonyl (C=O) groups is 2. The van der Waals surface area contributed by atoms with Crippen LogP contribution in [-0.4, -0.2) is 17.4 Å². The normalized spacial score (nSPS) is 11.2. The van der Waals surface area contributed by atoms with Crippen LogP contribution in [0.2, 0.25) is 0 Å². The molecule has 3 heteroatoms. The molecule has 0 aromatic heterocycles. The summed E-state index contributed by atoms with van der Waals surface area (Å²) in [4.78, 5) is 24.9. The van der Waals surface area contributed by atoms with E-state index in [-0.39, 0.29) is 5.78 Å². The molecule has 0 saturated carbocycles. The van der Waals surface area contributed by atoms with Crippen molar-refractivity contribution >= 4 is 17.8 Å². The Hall–Kier alpha value is -3.12. The number of ketones is 1. The van der Waals surface area contributed by atoms with E-state index in [0.29, 0.717) is 5.56 Å². The van der Waals surface area contributed by atoms with Gasteiger partial charge in [-0.25, -0.2) is 4.79 Å². The van der Waals surface area contributed by atoms with Gasteiger partial charge >= 0.3 is 5.97 Å². The number of aryl methyl sites for hydroxylation is 1. The second-order valence-corrected chi connectivity index (χ2v) is 6.57. The van der Waals surface area contributed by atoms with E-state index in [4.69, 9.17) is 11.2 Å². The number of esters is 1.